The maximum Gasteiger partial charge on any atom is 0.269 e. The van der Waals surface area contributed by atoms with Crippen molar-refractivity contribution in [2.45, 2.75) is 4.90 Å². The predicted molar refractivity (Wildman–Crippen MR) is 82.5 cm³/mol. The van der Waals surface area contributed by atoms with E-state index in [4.69, 9.17) is 11.6 Å². The summed E-state index contributed by atoms with van der Waals surface area (Å²) < 4.78 is 25.2. The number of benzene rings is 1. The first kappa shape index (κ1) is 15.4. The van der Waals surface area contributed by atoms with E-state index in [9.17, 15) is 18.0 Å². The van der Waals surface area contributed by atoms with Gasteiger partial charge in [0.1, 0.15) is 17.3 Å². The van der Waals surface area contributed by atoms with Gasteiger partial charge in [-0.25, -0.2) is 17.7 Å². The van der Waals surface area contributed by atoms with E-state index >= 15 is 0 Å². The summed E-state index contributed by atoms with van der Waals surface area (Å²) in [6.07, 6.45) is 1.34. The quantitative estimate of drug-likeness (QED) is 0.904. The number of nitrogens with one attached hydrogen (secondary N) is 1. The number of hydrogen-bond acceptors (Lipinski definition) is 5. The maximum absolute atomic E-state index is 12.3. The summed E-state index contributed by atoms with van der Waals surface area (Å²) in [6.45, 7) is -0.625. The lowest BCUT2D eigenvalue weighted by Crippen LogP contribution is -2.37. The molecule has 9 heteroatoms. The molecule has 0 atom stereocenters. The van der Waals surface area contributed by atoms with E-state index in [1.807, 2.05) is 0 Å². The van der Waals surface area contributed by atoms with Crippen molar-refractivity contribution in [3.05, 3.63) is 53.2 Å². The van der Waals surface area contributed by atoms with Gasteiger partial charge < -0.3 is 5.32 Å². The van der Waals surface area contributed by atoms with Crippen LogP contribution in [0.1, 0.15) is 10.4 Å². The Balaban J connectivity index is 1.80. The van der Waals surface area contributed by atoms with Crippen LogP contribution in [-0.2, 0) is 14.8 Å². The van der Waals surface area contributed by atoms with E-state index in [1.54, 1.807) is 6.07 Å². The highest BCUT2D eigenvalue weighted by molar-refractivity contribution is 7.90. The van der Waals surface area contributed by atoms with Crippen molar-refractivity contribution in [3.63, 3.8) is 0 Å². The van der Waals surface area contributed by atoms with Gasteiger partial charge in [0.25, 0.3) is 15.9 Å². The second-order valence-corrected chi connectivity index (χ2v) is 6.99. The van der Waals surface area contributed by atoms with Crippen LogP contribution in [0.15, 0.2) is 47.5 Å². The minimum absolute atomic E-state index is 0.0601. The number of fused-ring (bicyclic) bond motifs is 1. The number of nitrogens with zero attached hydrogens (tertiary/aromatic N) is 2. The molecule has 0 unspecified atom stereocenters. The van der Waals surface area contributed by atoms with Crippen molar-refractivity contribution in [1.82, 2.24) is 9.29 Å². The first-order chi connectivity index (χ1) is 10.9. The van der Waals surface area contributed by atoms with Crippen molar-refractivity contribution in [2.75, 3.05) is 11.9 Å². The summed E-state index contributed by atoms with van der Waals surface area (Å²) in [7, 11) is -4.01. The fourth-order valence-corrected chi connectivity index (χ4v) is 3.79. The van der Waals surface area contributed by atoms with Crippen molar-refractivity contribution >= 4 is 39.3 Å². The zero-order chi connectivity index (χ0) is 16.6. The van der Waals surface area contributed by atoms with Crippen molar-refractivity contribution in [3.8, 4) is 0 Å². The molecule has 0 saturated heterocycles. The molecule has 1 aromatic carbocycles. The molecule has 0 spiro atoms. The fourth-order valence-electron chi connectivity index (χ4n) is 2.15. The van der Waals surface area contributed by atoms with E-state index in [0.717, 1.165) is 0 Å². The number of aromatic nitrogens is 1. The third kappa shape index (κ3) is 2.78. The first-order valence-electron chi connectivity index (χ1n) is 6.47. The Morgan fingerprint density at radius 1 is 1.22 bits per heavy atom. The smallest absolute Gasteiger partial charge is 0.269 e. The van der Waals surface area contributed by atoms with Crippen LogP contribution in [0.25, 0.3) is 0 Å². The molecule has 118 valence electrons. The van der Waals surface area contributed by atoms with Crippen LogP contribution >= 0.6 is 11.6 Å². The Morgan fingerprint density at radius 3 is 2.61 bits per heavy atom. The Morgan fingerprint density at radius 2 is 1.96 bits per heavy atom. The molecule has 0 bridgehead atoms. The molecular weight excluding hydrogens is 342 g/mol. The number of halogens is 1. The summed E-state index contributed by atoms with van der Waals surface area (Å²) in [6, 6.07) is 8.82. The van der Waals surface area contributed by atoms with E-state index in [2.05, 4.69) is 10.3 Å². The summed E-state index contributed by atoms with van der Waals surface area (Å²) in [5.41, 5.74) is 0.0601. The van der Waals surface area contributed by atoms with Crippen LogP contribution in [0.3, 0.4) is 0 Å². The van der Waals surface area contributed by atoms with Gasteiger partial charge in [-0.3, -0.25) is 9.59 Å². The molecule has 7 nitrogen and oxygen atoms in total. The molecule has 23 heavy (non-hydrogen) atoms. The molecule has 2 amide bonds. The Bertz CT molecular complexity index is 896. The first-order valence-corrected chi connectivity index (χ1v) is 8.29. The lowest BCUT2D eigenvalue weighted by molar-refractivity contribution is -0.116. The topological polar surface area (TPSA) is 96.4 Å². The predicted octanol–water partition coefficient (Wildman–Crippen LogP) is 1.52. The van der Waals surface area contributed by atoms with Gasteiger partial charge in [-0.05, 0) is 24.3 Å². The average molecular weight is 352 g/mol. The summed E-state index contributed by atoms with van der Waals surface area (Å²) in [5, 5.41) is 2.81. The van der Waals surface area contributed by atoms with Crippen LogP contribution in [-0.4, -0.2) is 36.1 Å². The van der Waals surface area contributed by atoms with E-state index < -0.39 is 28.4 Å². The zero-order valence-electron chi connectivity index (χ0n) is 11.6. The number of pyridine rings is 1. The maximum atomic E-state index is 12.3. The minimum Gasteiger partial charge on any atom is -0.309 e. The SMILES string of the molecule is O=C(CN1C(=O)c2ccccc2S1(=O)=O)Nc1ccc(Cl)cn1. The van der Waals surface area contributed by atoms with Gasteiger partial charge in [0.2, 0.25) is 5.91 Å². The van der Waals surface area contributed by atoms with Crippen molar-refractivity contribution in [1.29, 1.82) is 0 Å². The molecule has 1 N–H and O–H groups in total. The highest BCUT2D eigenvalue weighted by Gasteiger charge is 2.41. The van der Waals surface area contributed by atoms with E-state index in [1.165, 1.54) is 36.5 Å². The highest BCUT2D eigenvalue weighted by atomic mass is 35.5. The lowest BCUT2D eigenvalue weighted by Gasteiger charge is -2.14. The normalized spacial score (nSPS) is 15.3. The van der Waals surface area contributed by atoms with Gasteiger partial charge in [-0.2, -0.15) is 0 Å². The molecule has 0 saturated carbocycles. The molecule has 0 aliphatic carbocycles. The van der Waals surface area contributed by atoms with Gasteiger partial charge in [0.05, 0.1) is 10.6 Å². The molecule has 1 aliphatic heterocycles. The standard InChI is InChI=1S/C14H10ClN3O4S/c15-9-5-6-12(16-7-9)17-13(19)8-18-14(20)10-3-1-2-4-11(10)23(18,21)22/h1-7H,8H2,(H,16,17,19). The second kappa shape index (κ2) is 5.64. The van der Waals surface area contributed by atoms with Crippen LogP contribution < -0.4 is 5.32 Å². The van der Waals surface area contributed by atoms with Gasteiger partial charge in [0.15, 0.2) is 0 Å². The van der Waals surface area contributed by atoms with Crippen LogP contribution in [0.4, 0.5) is 5.82 Å². The number of rotatable bonds is 3. The minimum atomic E-state index is -4.01. The summed E-state index contributed by atoms with van der Waals surface area (Å²) in [4.78, 5) is 27.9. The van der Waals surface area contributed by atoms with Crippen molar-refractivity contribution in [2.24, 2.45) is 0 Å². The number of carbonyl (C=O) groups is 2. The van der Waals surface area contributed by atoms with Crippen LogP contribution in [0.5, 0.6) is 0 Å². The Labute approximate surface area is 136 Å². The van der Waals surface area contributed by atoms with Gasteiger partial charge in [-0.15, -0.1) is 0 Å². The highest BCUT2D eigenvalue weighted by Crippen LogP contribution is 2.29. The van der Waals surface area contributed by atoms with Crippen molar-refractivity contribution < 1.29 is 18.0 Å². The molecule has 0 radical (unpaired) electrons. The number of anilines is 1. The average Bonchev–Trinajstić information content (AvgIpc) is 2.71. The van der Waals surface area contributed by atoms with Crippen LogP contribution in [0, 0.1) is 0 Å². The van der Waals surface area contributed by atoms with Gasteiger partial charge in [0, 0.05) is 6.20 Å². The van der Waals surface area contributed by atoms with E-state index in [0.29, 0.717) is 9.33 Å². The third-order valence-corrected chi connectivity index (χ3v) is 5.20. The number of carbonyl (C=O) groups excluding carboxylic acids is 2. The molecule has 2 aromatic rings. The summed E-state index contributed by atoms with van der Waals surface area (Å²) in [5.74, 6) is -1.19. The Hall–Kier alpha value is -2.45. The lowest BCUT2D eigenvalue weighted by atomic mass is 10.2. The van der Waals surface area contributed by atoms with Gasteiger partial charge >= 0.3 is 0 Å². The number of hydrogen-bond donors (Lipinski definition) is 1. The third-order valence-electron chi connectivity index (χ3n) is 3.19. The van der Waals surface area contributed by atoms with E-state index in [-0.39, 0.29) is 16.3 Å². The molecule has 2 heterocycles. The largest absolute Gasteiger partial charge is 0.309 e. The zero-order valence-corrected chi connectivity index (χ0v) is 13.1. The second-order valence-electron chi connectivity index (χ2n) is 4.72. The van der Waals surface area contributed by atoms with Gasteiger partial charge in [-0.1, -0.05) is 23.7 Å². The number of sulfonamides is 1. The van der Waals surface area contributed by atoms with Crippen LogP contribution in [0.2, 0.25) is 5.02 Å². The summed E-state index contributed by atoms with van der Waals surface area (Å²) >= 11 is 5.69. The molecule has 3 rings (SSSR count). The molecular formula is C14H10ClN3O4S. The number of amides is 2. The monoisotopic (exact) mass is 351 g/mol. The Kier molecular flexibility index (Phi) is 3.78. The fraction of sp³-hybridized carbons (Fsp3) is 0.0714. The molecule has 1 aromatic heterocycles. The molecule has 1 aliphatic rings. The molecule has 0 fully saturated rings.